The van der Waals surface area contributed by atoms with Gasteiger partial charge in [0.2, 0.25) is 5.52 Å². The Morgan fingerprint density at radius 2 is 1.76 bits per heavy atom. The lowest BCUT2D eigenvalue weighted by molar-refractivity contribution is -0.662. The molecule has 3 rings (SSSR count). The van der Waals surface area contributed by atoms with E-state index < -0.39 is 7.12 Å². The summed E-state index contributed by atoms with van der Waals surface area (Å²) in [6, 6.07) is 17.9. The number of benzene rings is 2. The van der Waals surface area contributed by atoms with Crippen LogP contribution in [0.15, 0.2) is 60.8 Å². The molecule has 0 saturated carbocycles. The van der Waals surface area contributed by atoms with Gasteiger partial charge in [-0.05, 0) is 24.5 Å². The molecule has 3 nitrogen and oxygen atoms in total. The van der Waals surface area contributed by atoms with E-state index in [1.54, 1.807) is 12.1 Å². The molecule has 4 heteroatoms. The molecule has 0 fully saturated rings. The second kappa shape index (κ2) is 5.68. The van der Waals surface area contributed by atoms with Gasteiger partial charge in [0.1, 0.15) is 0 Å². The molecule has 0 aliphatic heterocycles. The van der Waals surface area contributed by atoms with Crippen LogP contribution in [0.3, 0.4) is 0 Å². The minimum atomic E-state index is -1.41. The van der Waals surface area contributed by atoms with E-state index in [0.717, 1.165) is 12.1 Å². The van der Waals surface area contributed by atoms with Gasteiger partial charge in [-0.2, -0.15) is 4.57 Å². The summed E-state index contributed by atoms with van der Waals surface area (Å²) in [6.45, 7) is 2.85. The summed E-state index contributed by atoms with van der Waals surface area (Å²) < 4.78 is 2.19. The highest BCUT2D eigenvalue weighted by Crippen LogP contribution is 2.12. The average molecular weight is 278 g/mol. The van der Waals surface area contributed by atoms with Crippen molar-refractivity contribution in [2.45, 2.75) is 13.5 Å². The highest BCUT2D eigenvalue weighted by atomic mass is 16.4. The van der Waals surface area contributed by atoms with Crippen molar-refractivity contribution in [3.8, 4) is 0 Å². The molecule has 1 aromatic heterocycles. The van der Waals surface area contributed by atoms with Crippen LogP contribution in [0.5, 0.6) is 0 Å². The van der Waals surface area contributed by atoms with E-state index in [4.69, 9.17) is 10.0 Å². The number of hydrogen-bond acceptors (Lipinski definition) is 2. The molecule has 0 aliphatic rings. The number of nitrogens with zero attached hydrogens (tertiary/aromatic N) is 1. The van der Waals surface area contributed by atoms with E-state index in [9.17, 15) is 0 Å². The van der Waals surface area contributed by atoms with Crippen molar-refractivity contribution in [1.29, 1.82) is 0 Å². The zero-order chi connectivity index (χ0) is 14.8. The van der Waals surface area contributed by atoms with Gasteiger partial charge in [-0.25, -0.2) is 0 Å². The number of fused-ring (bicyclic) bond motifs is 1. The summed E-state index contributed by atoms with van der Waals surface area (Å²) in [5, 5.41) is 19.5. The lowest BCUT2D eigenvalue weighted by atomic mass is 9.80. The summed E-state index contributed by atoms with van der Waals surface area (Å²) in [5.74, 6) is 0. The predicted octanol–water partition coefficient (Wildman–Crippen LogP) is 1.16. The first-order valence-electron chi connectivity index (χ1n) is 6.97. The summed E-state index contributed by atoms with van der Waals surface area (Å²) >= 11 is 0. The van der Waals surface area contributed by atoms with Crippen molar-refractivity contribution in [3.05, 3.63) is 71.9 Å². The van der Waals surface area contributed by atoms with Gasteiger partial charge in [-0.3, -0.25) is 0 Å². The van der Waals surface area contributed by atoms with Crippen LogP contribution in [0.4, 0.5) is 0 Å². The molecular formula is C17H17BNO2+. The molecule has 0 bridgehead atoms. The number of rotatable bonds is 3. The zero-order valence-electron chi connectivity index (χ0n) is 11.9. The van der Waals surface area contributed by atoms with Gasteiger partial charge in [-0.1, -0.05) is 35.9 Å². The van der Waals surface area contributed by atoms with Crippen molar-refractivity contribution >= 4 is 23.5 Å². The molecule has 0 amide bonds. The van der Waals surface area contributed by atoms with E-state index in [-0.39, 0.29) is 0 Å². The second-order valence-corrected chi connectivity index (χ2v) is 5.31. The third-order valence-corrected chi connectivity index (χ3v) is 3.67. The fourth-order valence-corrected chi connectivity index (χ4v) is 2.53. The Bertz CT molecular complexity index is 769. The van der Waals surface area contributed by atoms with E-state index in [2.05, 4.69) is 42.0 Å². The van der Waals surface area contributed by atoms with Crippen molar-refractivity contribution in [3.63, 3.8) is 0 Å². The summed E-state index contributed by atoms with van der Waals surface area (Å²) in [6.07, 6.45) is 2.06. The van der Waals surface area contributed by atoms with Gasteiger partial charge < -0.3 is 10.0 Å². The maximum Gasteiger partial charge on any atom is 0.488 e. The van der Waals surface area contributed by atoms with E-state index in [0.29, 0.717) is 5.46 Å². The number of aryl methyl sites for hydroxylation is 1. The number of aromatic nitrogens is 1. The van der Waals surface area contributed by atoms with Gasteiger partial charge in [-0.15, -0.1) is 0 Å². The Hall–Kier alpha value is -2.17. The van der Waals surface area contributed by atoms with Crippen LogP contribution in [-0.2, 0) is 6.54 Å². The SMILES string of the molecule is Cc1ccc2c(ccc[n+]2Cc2ccc(B(O)O)cc2)c1. The minimum Gasteiger partial charge on any atom is -0.423 e. The summed E-state index contributed by atoms with van der Waals surface area (Å²) in [7, 11) is -1.41. The van der Waals surface area contributed by atoms with Crippen molar-refractivity contribution in [1.82, 2.24) is 0 Å². The van der Waals surface area contributed by atoms with Gasteiger partial charge in [0.25, 0.3) is 0 Å². The maximum atomic E-state index is 9.12. The summed E-state index contributed by atoms with van der Waals surface area (Å²) in [5.41, 5.74) is 4.07. The van der Waals surface area contributed by atoms with Crippen LogP contribution in [0.25, 0.3) is 10.9 Å². The maximum absolute atomic E-state index is 9.12. The van der Waals surface area contributed by atoms with E-state index >= 15 is 0 Å². The molecule has 2 aromatic carbocycles. The Morgan fingerprint density at radius 1 is 1.00 bits per heavy atom. The molecule has 0 aliphatic carbocycles. The molecular weight excluding hydrogens is 261 g/mol. The van der Waals surface area contributed by atoms with Gasteiger partial charge in [0.05, 0.1) is 0 Å². The first-order valence-corrected chi connectivity index (χ1v) is 6.97. The Kier molecular flexibility index (Phi) is 3.73. The molecule has 0 atom stereocenters. The zero-order valence-corrected chi connectivity index (χ0v) is 11.9. The molecule has 104 valence electrons. The van der Waals surface area contributed by atoms with Crippen LogP contribution in [0.2, 0.25) is 0 Å². The van der Waals surface area contributed by atoms with Crippen LogP contribution in [-0.4, -0.2) is 17.2 Å². The Morgan fingerprint density at radius 3 is 2.48 bits per heavy atom. The van der Waals surface area contributed by atoms with Crippen LogP contribution < -0.4 is 10.0 Å². The lowest BCUT2D eigenvalue weighted by Gasteiger charge is -2.04. The predicted molar refractivity (Wildman–Crippen MR) is 84.2 cm³/mol. The second-order valence-electron chi connectivity index (χ2n) is 5.31. The highest BCUT2D eigenvalue weighted by Gasteiger charge is 2.12. The number of hydrogen-bond donors (Lipinski definition) is 2. The van der Waals surface area contributed by atoms with E-state index in [1.165, 1.54) is 16.5 Å². The fourth-order valence-electron chi connectivity index (χ4n) is 2.53. The van der Waals surface area contributed by atoms with Crippen LogP contribution >= 0.6 is 0 Å². The van der Waals surface area contributed by atoms with E-state index in [1.807, 2.05) is 18.2 Å². The highest BCUT2D eigenvalue weighted by molar-refractivity contribution is 6.58. The monoisotopic (exact) mass is 278 g/mol. The molecule has 21 heavy (non-hydrogen) atoms. The fraction of sp³-hybridized carbons (Fsp3) is 0.118. The van der Waals surface area contributed by atoms with Gasteiger partial charge in [0, 0.05) is 23.1 Å². The molecule has 0 unspecified atom stereocenters. The Balaban J connectivity index is 1.94. The van der Waals surface area contributed by atoms with Crippen LogP contribution in [0, 0.1) is 6.92 Å². The normalized spacial score (nSPS) is 10.8. The third kappa shape index (κ3) is 2.97. The van der Waals surface area contributed by atoms with Crippen molar-refractivity contribution in [2.24, 2.45) is 0 Å². The largest absolute Gasteiger partial charge is 0.488 e. The standard InChI is InChI=1S/C17H17BNO2/c1-13-4-9-17-15(11-13)3-2-10-19(17)12-14-5-7-16(8-6-14)18(20)21/h2-11,20-21H,12H2,1H3/q+1. The molecule has 0 radical (unpaired) electrons. The topological polar surface area (TPSA) is 44.3 Å². The van der Waals surface area contributed by atoms with Crippen LogP contribution in [0.1, 0.15) is 11.1 Å². The quantitative estimate of drug-likeness (QED) is 0.558. The minimum absolute atomic E-state index is 0.511. The molecule has 1 heterocycles. The molecule has 3 aromatic rings. The number of pyridine rings is 1. The van der Waals surface area contributed by atoms with Gasteiger partial charge >= 0.3 is 7.12 Å². The first-order chi connectivity index (χ1) is 10.1. The average Bonchev–Trinajstić information content (AvgIpc) is 2.47. The molecule has 0 saturated heterocycles. The van der Waals surface area contributed by atoms with Gasteiger partial charge in [0.15, 0.2) is 12.7 Å². The Labute approximate surface area is 124 Å². The third-order valence-electron chi connectivity index (χ3n) is 3.67. The smallest absolute Gasteiger partial charge is 0.423 e. The summed E-state index contributed by atoms with van der Waals surface area (Å²) in [4.78, 5) is 0. The lowest BCUT2D eigenvalue weighted by Crippen LogP contribution is -2.35. The van der Waals surface area contributed by atoms with Crippen molar-refractivity contribution in [2.75, 3.05) is 0 Å². The molecule has 2 N–H and O–H groups in total. The molecule has 0 spiro atoms. The van der Waals surface area contributed by atoms with Crippen molar-refractivity contribution < 1.29 is 14.6 Å². The first kappa shape index (κ1) is 13.8.